The van der Waals surface area contributed by atoms with Crippen LogP contribution in [0.25, 0.3) is 10.8 Å². The summed E-state index contributed by atoms with van der Waals surface area (Å²) in [6, 6.07) is 5.25. The number of ether oxygens (including phenoxy) is 3. The summed E-state index contributed by atoms with van der Waals surface area (Å²) in [5.41, 5.74) is -2.35. The van der Waals surface area contributed by atoms with Gasteiger partial charge in [0.1, 0.15) is 35.1 Å². The third-order valence-electron chi connectivity index (χ3n) is 11.1. The maximum atomic E-state index is 14.7. The van der Waals surface area contributed by atoms with E-state index in [2.05, 4.69) is 27.3 Å². The van der Waals surface area contributed by atoms with Gasteiger partial charge in [0.15, 0.2) is 0 Å². The van der Waals surface area contributed by atoms with Crippen molar-refractivity contribution in [2.45, 2.75) is 121 Å². The zero-order valence-electron chi connectivity index (χ0n) is 32.1. The minimum atomic E-state index is -4.00. The van der Waals surface area contributed by atoms with Gasteiger partial charge in [0.2, 0.25) is 27.7 Å². The Kier molecular flexibility index (Phi) is 10.7. The van der Waals surface area contributed by atoms with Gasteiger partial charge in [0.25, 0.3) is 5.91 Å². The normalized spacial score (nSPS) is 29.8. The van der Waals surface area contributed by atoms with Crippen LogP contribution in [0.1, 0.15) is 86.5 Å². The quantitative estimate of drug-likeness (QED) is 0.342. The van der Waals surface area contributed by atoms with Gasteiger partial charge in [-0.15, -0.1) is 0 Å². The number of sulfonamides is 1. The zero-order valence-corrected chi connectivity index (χ0v) is 33.0. The molecule has 0 bridgehead atoms. The highest BCUT2D eigenvalue weighted by atomic mass is 32.2. The van der Waals surface area contributed by atoms with Crippen molar-refractivity contribution in [3.05, 3.63) is 42.6 Å². The molecule has 7 atom stereocenters. The molecule has 4 amide bonds. The van der Waals surface area contributed by atoms with Crippen LogP contribution in [0.3, 0.4) is 0 Å². The van der Waals surface area contributed by atoms with E-state index in [9.17, 15) is 27.6 Å². The van der Waals surface area contributed by atoms with Gasteiger partial charge in [-0.05, 0) is 84.1 Å². The predicted molar refractivity (Wildman–Crippen MR) is 201 cm³/mol. The Hall–Kier alpha value is -4.40. The highest BCUT2D eigenvalue weighted by Gasteiger charge is 2.63. The summed E-state index contributed by atoms with van der Waals surface area (Å²) in [5, 5.41) is 7.16. The Morgan fingerprint density at radius 1 is 1.07 bits per heavy atom. The van der Waals surface area contributed by atoms with Crippen LogP contribution in [0.2, 0.25) is 0 Å². The number of pyridine rings is 1. The second kappa shape index (κ2) is 14.7. The molecule has 2 aromatic rings. The molecule has 0 spiro atoms. The van der Waals surface area contributed by atoms with E-state index in [1.165, 1.54) is 4.90 Å². The lowest BCUT2D eigenvalue weighted by Gasteiger charge is -2.33. The molecule has 1 aromatic heterocycles. The molecule has 3 N–H and O–H groups in total. The number of benzene rings is 1. The van der Waals surface area contributed by atoms with E-state index in [1.807, 2.05) is 43.3 Å². The van der Waals surface area contributed by atoms with Crippen LogP contribution in [0.4, 0.5) is 4.79 Å². The Labute approximate surface area is 317 Å². The van der Waals surface area contributed by atoms with E-state index in [0.717, 1.165) is 11.8 Å². The molecular weight excluding hydrogens is 715 g/mol. The number of allylic oxidation sites excluding steroid dienone is 1. The summed E-state index contributed by atoms with van der Waals surface area (Å²) in [5.74, 6) is -1.72. The number of nitrogens with one attached hydrogen (secondary N) is 3. The van der Waals surface area contributed by atoms with E-state index >= 15 is 0 Å². The molecule has 0 radical (unpaired) electrons. The Morgan fingerprint density at radius 2 is 1.78 bits per heavy atom. The largest absolute Gasteiger partial charge is 0.494 e. The van der Waals surface area contributed by atoms with E-state index in [4.69, 9.17) is 14.2 Å². The standard InChI is InChI=1S/C39H53N5O9S/c1-23-12-8-9-13-25-20-39(25,35(47)43-54(49,50)38(6)16-17-38)42-32(45)29-19-26(52-33-28-15-11-10-14-27(28)30(51-7)21-40-33)22-44(29)34(46)31(24(2)18-23)41-36(48)53-37(3,4)5/h9-11,13-15,21,23-26,29,31H,8,12,16-20,22H2,1-7H3,(H,41,48)(H,42,45)(H,43,47). The second-order valence-electron chi connectivity index (χ2n) is 16.8. The third kappa shape index (κ3) is 8.15. The average molecular weight is 768 g/mol. The van der Waals surface area contributed by atoms with Gasteiger partial charge in [-0.2, -0.15) is 0 Å². The number of amides is 4. The molecule has 15 heteroatoms. The molecule has 7 unspecified atom stereocenters. The van der Waals surface area contributed by atoms with Gasteiger partial charge in [-0.25, -0.2) is 18.2 Å². The van der Waals surface area contributed by atoms with Crippen molar-refractivity contribution in [1.29, 1.82) is 0 Å². The van der Waals surface area contributed by atoms with Crippen LogP contribution in [-0.2, 0) is 29.1 Å². The van der Waals surface area contributed by atoms with Crippen LogP contribution >= 0.6 is 0 Å². The number of fused-ring (bicyclic) bond motifs is 3. The van der Waals surface area contributed by atoms with Gasteiger partial charge in [0, 0.05) is 23.1 Å². The molecule has 1 aromatic carbocycles. The van der Waals surface area contributed by atoms with Gasteiger partial charge in [-0.1, -0.05) is 44.2 Å². The van der Waals surface area contributed by atoms with Gasteiger partial charge < -0.3 is 29.7 Å². The molecule has 294 valence electrons. The SMILES string of the molecule is COc1cnc(OC2CC3C(=O)NC4(C(=O)NS(=O)(=O)C5(C)CC5)CC4C=CCCC(C)CC(C)C(NC(=O)OC(C)(C)C)C(=O)N3C2)c2ccccc12. The van der Waals surface area contributed by atoms with Crippen molar-refractivity contribution in [3.8, 4) is 11.6 Å². The smallest absolute Gasteiger partial charge is 0.408 e. The highest BCUT2D eigenvalue weighted by molar-refractivity contribution is 7.91. The van der Waals surface area contributed by atoms with Crippen molar-refractivity contribution in [1.82, 2.24) is 25.2 Å². The topological polar surface area (TPSA) is 182 Å². The highest BCUT2D eigenvalue weighted by Crippen LogP contribution is 2.47. The number of carbonyl (C=O) groups excluding carboxylic acids is 4. The molecule has 14 nitrogen and oxygen atoms in total. The Bertz CT molecular complexity index is 1940. The number of hydrogen-bond donors (Lipinski definition) is 3. The predicted octanol–water partition coefficient (Wildman–Crippen LogP) is 4.37. The molecule has 2 saturated carbocycles. The van der Waals surface area contributed by atoms with Crippen molar-refractivity contribution < 1.29 is 41.8 Å². The second-order valence-corrected chi connectivity index (χ2v) is 19.0. The Balaban J connectivity index is 1.35. The lowest BCUT2D eigenvalue weighted by Crippen LogP contribution is -2.59. The third-order valence-corrected chi connectivity index (χ3v) is 13.3. The number of aromatic nitrogens is 1. The lowest BCUT2D eigenvalue weighted by atomic mass is 9.88. The lowest BCUT2D eigenvalue weighted by molar-refractivity contribution is -0.142. The molecule has 54 heavy (non-hydrogen) atoms. The average Bonchev–Trinajstić information content (AvgIpc) is 3.98. The number of rotatable bonds is 7. The van der Waals surface area contributed by atoms with E-state index in [1.54, 1.807) is 41.0 Å². The number of nitrogens with zero attached hydrogens (tertiary/aromatic N) is 2. The first-order valence-corrected chi connectivity index (χ1v) is 20.3. The summed E-state index contributed by atoms with van der Waals surface area (Å²) in [6.45, 7) is 10.7. The van der Waals surface area contributed by atoms with Gasteiger partial charge in [0.05, 0.1) is 24.6 Å². The fourth-order valence-electron chi connectivity index (χ4n) is 7.59. The maximum Gasteiger partial charge on any atom is 0.408 e. The number of methoxy groups -OCH3 is 1. The summed E-state index contributed by atoms with van der Waals surface area (Å²) in [6.07, 6.45) is 7.06. The minimum absolute atomic E-state index is 0.0248. The fraction of sp³-hybridized carbons (Fsp3) is 0.615. The molecule has 1 saturated heterocycles. The number of alkyl carbamates (subject to hydrolysis) is 1. The number of hydrogen-bond acceptors (Lipinski definition) is 10. The summed E-state index contributed by atoms with van der Waals surface area (Å²) in [4.78, 5) is 62.2. The monoisotopic (exact) mass is 767 g/mol. The van der Waals surface area contributed by atoms with Crippen molar-refractivity contribution in [2.75, 3.05) is 13.7 Å². The van der Waals surface area contributed by atoms with Crippen molar-refractivity contribution in [3.63, 3.8) is 0 Å². The van der Waals surface area contributed by atoms with Crippen LogP contribution in [-0.4, -0.2) is 89.8 Å². The van der Waals surface area contributed by atoms with Crippen molar-refractivity contribution >= 4 is 44.6 Å². The first-order valence-electron chi connectivity index (χ1n) is 18.8. The first kappa shape index (κ1) is 39.3. The summed E-state index contributed by atoms with van der Waals surface area (Å²) in [7, 11) is -2.45. The van der Waals surface area contributed by atoms with Gasteiger partial charge >= 0.3 is 6.09 Å². The van der Waals surface area contributed by atoms with Crippen LogP contribution in [0.15, 0.2) is 42.6 Å². The van der Waals surface area contributed by atoms with E-state index in [0.29, 0.717) is 42.7 Å². The number of carbonyl (C=O) groups is 4. The summed E-state index contributed by atoms with van der Waals surface area (Å²) < 4.78 is 45.1. The van der Waals surface area contributed by atoms with Gasteiger partial charge in [-0.3, -0.25) is 19.1 Å². The van der Waals surface area contributed by atoms with E-state index in [-0.39, 0.29) is 31.2 Å². The molecule has 2 aliphatic heterocycles. The molecule has 3 fully saturated rings. The maximum absolute atomic E-state index is 14.7. The molecular formula is C39H53N5O9S. The van der Waals surface area contributed by atoms with E-state index < -0.39 is 73.8 Å². The van der Waals surface area contributed by atoms with Crippen LogP contribution < -0.4 is 24.8 Å². The molecule has 2 aliphatic carbocycles. The van der Waals surface area contributed by atoms with Crippen molar-refractivity contribution in [2.24, 2.45) is 17.8 Å². The minimum Gasteiger partial charge on any atom is -0.494 e. The van der Waals surface area contributed by atoms with Crippen LogP contribution in [0, 0.1) is 17.8 Å². The Morgan fingerprint density at radius 3 is 2.44 bits per heavy atom. The van der Waals surface area contributed by atoms with Crippen LogP contribution in [0.5, 0.6) is 11.6 Å². The molecule has 3 heterocycles. The molecule has 6 rings (SSSR count). The summed E-state index contributed by atoms with van der Waals surface area (Å²) >= 11 is 0. The molecule has 4 aliphatic rings. The zero-order chi connectivity index (χ0) is 39.2. The fourth-order valence-corrected chi connectivity index (χ4v) is 8.90. The first-order chi connectivity index (χ1) is 25.4.